The van der Waals surface area contributed by atoms with Gasteiger partial charge in [0.25, 0.3) is 0 Å². The average Bonchev–Trinajstić information content (AvgIpc) is 3.27. The molecule has 4 rings (SSSR count). The monoisotopic (exact) mass is 571 g/mol. The number of alkyl halides is 5. The molecule has 1 aliphatic rings. The lowest BCUT2D eigenvalue weighted by Gasteiger charge is -2.36. The van der Waals surface area contributed by atoms with E-state index in [0.29, 0.717) is 24.5 Å². The molecular formula is C27H24ClF6N3O2. The normalized spacial score (nSPS) is 19.0. The Balaban J connectivity index is 1.86. The van der Waals surface area contributed by atoms with E-state index in [1.165, 1.54) is 18.3 Å². The molecule has 0 aliphatic heterocycles. The SMILES string of the molecule is O=C(NC1CCC[C@@H]1F)N[C@@](Cc1ccccc1)(c1cc(F)cc(OC(F)(F)C(F)F)c1)c1ccc(Cl)cn1. The van der Waals surface area contributed by atoms with E-state index in [1.54, 1.807) is 30.3 Å². The van der Waals surface area contributed by atoms with Crippen molar-refractivity contribution in [3.63, 3.8) is 0 Å². The van der Waals surface area contributed by atoms with Crippen LogP contribution < -0.4 is 15.4 Å². The van der Waals surface area contributed by atoms with Gasteiger partial charge in [-0.1, -0.05) is 41.9 Å². The van der Waals surface area contributed by atoms with Crippen LogP contribution in [0.25, 0.3) is 0 Å². The summed E-state index contributed by atoms with van der Waals surface area (Å²) in [7, 11) is 0. The number of amides is 2. The van der Waals surface area contributed by atoms with E-state index in [4.69, 9.17) is 11.6 Å². The summed E-state index contributed by atoms with van der Waals surface area (Å²) in [6.45, 7) is 0. The van der Waals surface area contributed by atoms with Gasteiger partial charge in [-0.25, -0.2) is 13.6 Å². The van der Waals surface area contributed by atoms with Crippen molar-refractivity contribution in [1.29, 1.82) is 0 Å². The van der Waals surface area contributed by atoms with Crippen molar-refractivity contribution in [2.75, 3.05) is 0 Å². The number of benzene rings is 2. The largest absolute Gasteiger partial charge is 0.461 e. The molecule has 1 aliphatic carbocycles. The maximum atomic E-state index is 14.8. The van der Waals surface area contributed by atoms with Gasteiger partial charge in [-0.15, -0.1) is 0 Å². The highest BCUT2D eigenvalue weighted by atomic mass is 35.5. The van der Waals surface area contributed by atoms with Crippen LogP contribution in [-0.4, -0.2) is 35.8 Å². The van der Waals surface area contributed by atoms with Crippen LogP contribution in [0.5, 0.6) is 5.75 Å². The minimum Gasteiger partial charge on any atom is -0.428 e. The predicted octanol–water partition coefficient (Wildman–Crippen LogP) is 6.79. The lowest BCUT2D eigenvalue weighted by Crippen LogP contribution is -2.55. The number of hydrogen-bond acceptors (Lipinski definition) is 3. The molecule has 3 atom stereocenters. The lowest BCUT2D eigenvalue weighted by atomic mass is 9.80. The molecule has 0 bridgehead atoms. The fourth-order valence-corrected chi connectivity index (χ4v) is 4.71. The molecule has 5 nitrogen and oxygen atoms in total. The second-order valence-corrected chi connectivity index (χ2v) is 9.66. The van der Waals surface area contributed by atoms with Crippen LogP contribution in [0.3, 0.4) is 0 Å². The standard InChI is InChI=1S/C27H24ClF6N3O2/c28-18-9-10-23(35-15-18)26(14-16-5-2-1-3-6-16,37-25(38)36-22-8-4-7-21(22)30)17-11-19(29)13-20(12-17)39-27(33,34)24(31)32/h1-3,5-6,9-13,15,21-22,24H,4,7-8,14H2,(H2,36,37,38)/t21-,22?,26-/m0/s1. The summed E-state index contributed by atoms with van der Waals surface area (Å²) < 4.78 is 86.4. The number of nitrogens with zero attached hydrogens (tertiary/aromatic N) is 1. The quantitative estimate of drug-likeness (QED) is 0.278. The molecular weight excluding hydrogens is 548 g/mol. The highest BCUT2D eigenvalue weighted by Gasteiger charge is 2.45. The van der Waals surface area contributed by atoms with Crippen molar-refractivity contribution in [1.82, 2.24) is 15.6 Å². The number of hydrogen-bond donors (Lipinski definition) is 2. The van der Waals surface area contributed by atoms with Crippen LogP contribution in [0.15, 0.2) is 66.9 Å². The van der Waals surface area contributed by atoms with Crippen molar-refractivity contribution >= 4 is 17.6 Å². The Hall–Kier alpha value is -3.47. The number of urea groups is 1. The summed E-state index contributed by atoms with van der Waals surface area (Å²) in [5.74, 6) is -2.00. The molecule has 0 saturated heterocycles. The van der Waals surface area contributed by atoms with Crippen LogP contribution in [0.1, 0.15) is 36.1 Å². The first-order chi connectivity index (χ1) is 18.5. The van der Waals surface area contributed by atoms with Crippen molar-refractivity contribution in [3.8, 4) is 5.75 Å². The Labute approximate surface area is 225 Å². The van der Waals surface area contributed by atoms with Crippen molar-refractivity contribution in [2.24, 2.45) is 0 Å². The third kappa shape index (κ3) is 6.76. The summed E-state index contributed by atoms with van der Waals surface area (Å²) in [5.41, 5.74) is -1.17. The Bertz CT molecular complexity index is 1280. The summed E-state index contributed by atoms with van der Waals surface area (Å²) in [6.07, 6.45) is -7.92. The first-order valence-electron chi connectivity index (χ1n) is 12.0. The summed E-state index contributed by atoms with van der Waals surface area (Å²) >= 11 is 6.02. The van der Waals surface area contributed by atoms with Gasteiger partial charge in [-0.3, -0.25) is 4.98 Å². The van der Waals surface area contributed by atoms with Crippen LogP contribution in [0.2, 0.25) is 5.02 Å². The van der Waals surface area contributed by atoms with Gasteiger partial charge in [-0.05, 0) is 54.7 Å². The predicted molar refractivity (Wildman–Crippen MR) is 132 cm³/mol. The Morgan fingerprint density at radius 1 is 1.10 bits per heavy atom. The number of pyridine rings is 1. The fraction of sp³-hybridized carbons (Fsp3) is 0.333. The highest BCUT2D eigenvalue weighted by Crippen LogP contribution is 2.37. The van der Waals surface area contributed by atoms with Gasteiger partial charge in [0.05, 0.1) is 16.8 Å². The van der Waals surface area contributed by atoms with Crippen molar-refractivity contribution in [2.45, 2.75) is 56.0 Å². The van der Waals surface area contributed by atoms with Gasteiger partial charge in [0.15, 0.2) is 0 Å². The minimum atomic E-state index is -4.91. The van der Waals surface area contributed by atoms with E-state index < -0.39 is 47.9 Å². The molecule has 1 saturated carbocycles. The number of ether oxygens (including phenoxy) is 1. The van der Waals surface area contributed by atoms with Crippen LogP contribution >= 0.6 is 11.6 Å². The van der Waals surface area contributed by atoms with Crippen molar-refractivity contribution in [3.05, 3.63) is 94.5 Å². The molecule has 3 aromatic rings. The smallest absolute Gasteiger partial charge is 0.428 e. The lowest BCUT2D eigenvalue weighted by molar-refractivity contribution is -0.253. The zero-order chi connectivity index (χ0) is 28.2. The number of rotatable bonds is 9. The highest BCUT2D eigenvalue weighted by molar-refractivity contribution is 6.30. The van der Waals surface area contributed by atoms with Gasteiger partial charge in [-0.2, -0.15) is 17.6 Å². The van der Waals surface area contributed by atoms with Gasteiger partial charge in [0.1, 0.15) is 23.3 Å². The van der Waals surface area contributed by atoms with Crippen molar-refractivity contribution < 1.29 is 35.9 Å². The fourth-order valence-electron chi connectivity index (χ4n) is 4.60. The molecule has 2 amide bonds. The van der Waals surface area contributed by atoms with E-state index in [9.17, 15) is 31.1 Å². The molecule has 2 N–H and O–H groups in total. The Morgan fingerprint density at radius 2 is 1.85 bits per heavy atom. The molecule has 2 aromatic carbocycles. The molecule has 1 heterocycles. The molecule has 208 valence electrons. The third-order valence-electron chi connectivity index (χ3n) is 6.42. The zero-order valence-corrected chi connectivity index (χ0v) is 21.1. The number of aromatic nitrogens is 1. The number of nitrogens with one attached hydrogen (secondary N) is 2. The zero-order valence-electron chi connectivity index (χ0n) is 20.3. The average molecular weight is 572 g/mol. The van der Waals surface area contributed by atoms with E-state index in [-0.39, 0.29) is 29.1 Å². The molecule has 1 unspecified atom stereocenters. The molecule has 12 heteroatoms. The Kier molecular flexibility index (Phi) is 8.58. The van der Waals surface area contributed by atoms with Crippen LogP contribution in [0, 0.1) is 5.82 Å². The van der Waals surface area contributed by atoms with E-state index >= 15 is 0 Å². The summed E-state index contributed by atoms with van der Waals surface area (Å²) in [4.78, 5) is 17.6. The first-order valence-corrected chi connectivity index (χ1v) is 12.4. The maximum absolute atomic E-state index is 14.8. The van der Waals surface area contributed by atoms with Crippen LogP contribution in [-0.2, 0) is 12.0 Å². The summed E-state index contributed by atoms with van der Waals surface area (Å²) in [6, 6.07) is 12.3. The number of carbonyl (C=O) groups is 1. The van der Waals surface area contributed by atoms with Gasteiger partial charge < -0.3 is 15.4 Å². The number of halogens is 7. The molecule has 1 aromatic heterocycles. The van der Waals surface area contributed by atoms with Gasteiger partial charge >= 0.3 is 18.6 Å². The van der Waals surface area contributed by atoms with E-state index in [2.05, 4.69) is 20.4 Å². The second kappa shape index (κ2) is 11.7. The third-order valence-corrected chi connectivity index (χ3v) is 6.65. The number of carbonyl (C=O) groups excluding carboxylic acids is 1. The van der Waals surface area contributed by atoms with Gasteiger partial charge in [0, 0.05) is 18.7 Å². The molecule has 0 radical (unpaired) electrons. The molecule has 39 heavy (non-hydrogen) atoms. The topological polar surface area (TPSA) is 63.2 Å². The van der Waals surface area contributed by atoms with E-state index in [1.807, 2.05) is 0 Å². The van der Waals surface area contributed by atoms with Gasteiger partial charge in [0.2, 0.25) is 0 Å². The summed E-state index contributed by atoms with van der Waals surface area (Å²) in [5, 5.41) is 5.56. The minimum absolute atomic E-state index is 0.0895. The van der Waals surface area contributed by atoms with Crippen LogP contribution in [0.4, 0.5) is 31.1 Å². The van der Waals surface area contributed by atoms with E-state index in [0.717, 1.165) is 12.1 Å². The first kappa shape index (κ1) is 28.5. The second-order valence-electron chi connectivity index (χ2n) is 9.22. The Morgan fingerprint density at radius 3 is 2.46 bits per heavy atom. The molecule has 0 spiro atoms. The maximum Gasteiger partial charge on any atom is 0.461 e. The molecule has 1 fully saturated rings.